The van der Waals surface area contributed by atoms with Gasteiger partial charge >= 0.3 is 0 Å². The summed E-state index contributed by atoms with van der Waals surface area (Å²) < 4.78 is 0. The summed E-state index contributed by atoms with van der Waals surface area (Å²) in [6.07, 6.45) is 2.17. The van der Waals surface area contributed by atoms with Crippen LogP contribution in [0.4, 0.5) is 0 Å². The van der Waals surface area contributed by atoms with Crippen molar-refractivity contribution in [1.82, 2.24) is 4.90 Å². The summed E-state index contributed by atoms with van der Waals surface area (Å²) in [5.74, 6) is 0. The Morgan fingerprint density at radius 3 is 1.34 bits per heavy atom. The number of benzene rings is 2. The maximum atomic E-state index is 5.16. The monoisotopic (exact) mass is 432 g/mol. The number of aliphatic imine (C=N–C) groups is 1. The fraction of sp³-hybridized carbons (Fsp3) is 0.567. The second-order valence-electron chi connectivity index (χ2n) is 12.4. The van der Waals surface area contributed by atoms with E-state index in [0.29, 0.717) is 6.04 Å². The minimum Gasteiger partial charge on any atom is -0.346 e. The molecule has 2 nitrogen and oxygen atoms in total. The van der Waals surface area contributed by atoms with E-state index in [0.717, 1.165) is 0 Å². The van der Waals surface area contributed by atoms with Crippen LogP contribution in [-0.4, -0.2) is 23.3 Å². The van der Waals surface area contributed by atoms with E-state index >= 15 is 0 Å². The first-order valence-electron chi connectivity index (χ1n) is 12.1. The SMILES string of the molecule is Cc1cc(C)c(C(c2c(C)cc(C)cc2C)N2C=N[C@H](C(C)(C)C)[C@H]2C(C)(C)C)c(C)c1. The molecule has 0 saturated heterocycles. The number of hydrogen-bond donors (Lipinski definition) is 0. The van der Waals surface area contributed by atoms with Gasteiger partial charge in [-0.05, 0) is 85.8 Å². The molecule has 1 aliphatic rings. The molecule has 0 fully saturated rings. The fourth-order valence-corrected chi connectivity index (χ4v) is 6.00. The summed E-state index contributed by atoms with van der Waals surface area (Å²) in [6, 6.07) is 10.1. The Kier molecular flexibility index (Phi) is 6.41. The first-order chi connectivity index (χ1) is 14.6. The fourth-order valence-electron chi connectivity index (χ4n) is 6.00. The molecule has 0 aromatic heterocycles. The molecule has 0 spiro atoms. The lowest BCUT2D eigenvalue weighted by atomic mass is 9.72. The van der Waals surface area contributed by atoms with Crippen molar-refractivity contribution in [3.63, 3.8) is 0 Å². The minimum absolute atomic E-state index is 0.0890. The van der Waals surface area contributed by atoms with Gasteiger partial charge in [-0.1, -0.05) is 76.9 Å². The van der Waals surface area contributed by atoms with E-state index in [2.05, 4.69) is 119 Å². The molecule has 1 aliphatic heterocycles. The maximum absolute atomic E-state index is 5.16. The summed E-state index contributed by atoms with van der Waals surface area (Å²) in [4.78, 5) is 7.77. The molecule has 2 heteroatoms. The summed E-state index contributed by atoms with van der Waals surface area (Å²) in [6.45, 7) is 27.6. The van der Waals surface area contributed by atoms with E-state index < -0.39 is 0 Å². The average molecular weight is 433 g/mol. The molecule has 2 aromatic rings. The lowest BCUT2D eigenvalue weighted by molar-refractivity contribution is 0.0981. The molecule has 1 heterocycles. The molecule has 3 rings (SSSR count). The molecule has 2 atom stereocenters. The Bertz CT molecular complexity index is 926. The lowest BCUT2D eigenvalue weighted by Gasteiger charge is -2.46. The zero-order valence-corrected chi connectivity index (χ0v) is 22.5. The topological polar surface area (TPSA) is 15.6 Å². The van der Waals surface area contributed by atoms with Crippen LogP contribution in [0.2, 0.25) is 0 Å². The molecule has 0 amide bonds. The van der Waals surface area contributed by atoms with Crippen LogP contribution >= 0.6 is 0 Å². The van der Waals surface area contributed by atoms with Gasteiger partial charge in [-0.25, -0.2) is 0 Å². The maximum Gasteiger partial charge on any atom is 0.0865 e. The highest BCUT2D eigenvalue weighted by atomic mass is 15.3. The second-order valence-corrected chi connectivity index (χ2v) is 12.4. The molecule has 0 saturated carbocycles. The lowest BCUT2D eigenvalue weighted by Crippen LogP contribution is -2.51. The van der Waals surface area contributed by atoms with Gasteiger partial charge in [0.05, 0.1) is 24.5 Å². The van der Waals surface area contributed by atoms with Crippen LogP contribution in [0.3, 0.4) is 0 Å². The van der Waals surface area contributed by atoms with E-state index in [1.54, 1.807) is 0 Å². The Hall–Kier alpha value is -2.09. The van der Waals surface area contributed by atoms with E-state index in [1.165, 1.54) is 44.5 Å². The van der Waals surface area contributed by atoms with Crippen LogP contribution in [0.1, 0.15) is 92.1 Å². The Morgan fingerprint density at radius 2 is 1.03 bits per heavy atom. The second kappa shape index (κ2) is 8.36. The number of aryl methyl sites for hydroxylation is 6. The van der Waals surface area contributed by atoms with Gasteiger partial charge in [0.25, 0.3) is 0 Å². The predicted molar refractivity (Wildman–Crippen MR) is 140 cm³/mol. The Morgan fingerprint density at radius 1 is 0.656 bits per heavy atom. The smallest absolute Gasteiger partial charge is 0.0865 e. The van der Waals surface area contributed by atoms with Gasteiger partial charge in [0.1, 0.15) is 0 Å². The van der Waals surface area contributed by atoms with Crippen molar-refractivity contribution in [2.45, 2.75) is 101 Å². The first kappa shape index (κ1) is 24.6. The van der Waals surface area contributed by atoms with Crippen LogP contribution < -0.4 is 0 Å². The quantitative estimate of drug-likeness (QED) is 0.483. The van der Waals surface area contributed by atoms with Crippen LogP contribution in [-0.2, 0) is 0 Å². The van der Waals surface area contributed by atoms with Crippen molar-refractivity contribution in [2.24, 2.45) is 15.8 Å². The number of nitrogens with zero attached hydrogens (tertiary/aromatic N) is 2. The van der Waals surface area contributed by atoms with Crippen LogP contribution in [0.25, 0.3) is 0 Å². The van der Waals surface area contributed by atoms with Gasteiger partial charge in [-0.3, -0.25) is 4.99 Å². The molecular weight excluding hydrogens is 388 g/mol. The van der Waals surface area contributed by atoms with Gasteiger partial charge in [-0.15, -0.1) is 0 Å². The van der Waals surface area contributed by atoms with E-state index in [1.807, 2.05) is 0 Å². The van der Waals surface area contributed by atoms with Crippen molar-refractivity contribution in [1.29, 1.82) is 0 Å². The summed E-state index contributed by atoms with van der Waals surface area (Å²) in [5, 5.41) is 0. The van der Waals surface area contributed by atoms with Gasteiger partial charge in [0.15, 0.2) is 0 Å². The number of hydrogen-bond acceptors (Lipinski definition) is 2. The molecule has 32 heavy (non-hydrogen) atoms. The average Bonchev–Trinajstić information content (AvgIpc) is 3.04. The van der Waals surface area contributed by atoms with Crippen LogP contribution in [0.5, 0.6) is 0 Å². The molecule has 2 aromatic carbocycles. The third kappa shape index (κ3) is 4.51. The molecule has 174 valence electrons. The van der Waals surface area contributed by atoms with Crippen molar-refractivity contribution < 1.29 is 0 Å². The van der Waals surface area contributed by atoms with Crippen molar-refractivity contribution >= 4 is 6.34 Å². The molecule has 0 unspecified atom stereocenters. The van der Waals surface area contributed by atoms with E-state index in [4.69, 9.17) is 4.99 Å². The third-order valence-electron chi connectivity index (χ3n) is 7.08. The van der Waals surface area contributed by atoms with Gasteiger partial charge in [0.2, 0.25) is 0 Å². The molecule has 0 radical (unpaired) electrons. The minimum atomic E-state index is 0.0890. The standard InChI is InChI=1S/C30H44N2/c1-18-13-20(3)24(21(4)14-18)26(25-22(5)15-19(2)16-23(25)6)32-17-31-27(29(7,8)9)28(32)30(10,11)12/h13-17,26-28H,1-12H3/t27-,28-/m0/s1. The van der Waals surface area contributed by atoms with Gasteiger partial charge in [0, 0.05) is 0 Å². The first-order valence-corrected chi connectivity index (χ1v) is 12.1. The van der Waals surface area contributed by atoms with Crippen molar-refractivity contribution in [3.05, 3.63) is 68.8 Å². The van der Waals surface area contributed by atoms with Crippen LogP contribution in [0.15, 0.2) is 29.3 Å². The molecule has 0 bridgehead atoms. The summed E-state index contributed by atoms with van der Waals surface area (Å²) in [5.41, 5.74) is 11.2. The number of rotatable bonds is 3. The van der Waals surface area contributed by atoms with E-state index in [9.17, 15) is 0 Å². The molecule has 0 N–H and O–H groups in total. The normalized spacial score (nSPS) is 19.3. The zero-order valence-electron chi connectivity index (χ0n) is 22.5. The van der Waals surface area contributed by atoms with Gasteiger partial charge in [-0.2, -0.15) is 0 Å². The highest BCUT2D eigenvalue weighted by Gasteiger charge is 2.47. The Balaban J connectivity index is 2.33. The third-order valence-corrected chi connectivity index (χ3v) is 7.08. The van der Waals surface area contributed by atoms with E-state index in [-0.39, 0.29) is 22.9 Å². The molecular formula is C30H44N2. The highest BCUT2D eigenvalue weighted by molar-refractivity contribution is 5.64. The van der Waals surface area contributed by atoms with Crippen LogP contribution in [0, 0.1) is 52.4 Å². The van der Waals surface area contributed by atoms with Crippen molar-refractivity contribution in [2.75, 3.05) is 0 Å². The molecule has 0 aliphatic carbocycles. The largest absolute Gasteiger partial charge is 0.346 e. The Labute approximate surface area is 197 Å². The summed E-state index contributed by atoms with van der Waals surface area (Å²) in [7, 11) is 0. The van der Waals surface area contributed by atoms with Crippen molar-refractivity contribution in [3.8, 4) is 0 Å². The highest BCUT2D eigenvalue weighted by Crippen LogP contribution is 2.46. The predicted octanol–water partition coefficient (Wildman–Crippen LogP) is 7.80. The summed E-state index contributed by atoms with van der Waals surface area (Å²) >= 11 is 0. The van der Waals surface area contributed by atoms with Gasteiger partial charge < -0.3 is 4.90 Å². The zero-order chi connectivity index (χ0) is 24.2.